The number of nitrogens with zero attached hydrogens (tertiary/aromatic N) is 4. The number of amides is 8. The molecule has 9 N–H and O–H groups in total. The lowest BCUT2D eigenvalue weighted by Crippen LogP contribution is -2.54. The van der Waals surface area contributed by atoms with Gasteiger partial charge < -0.3 is 57.2 Å². The van der Waals surface area contributed by atoms with Gasteiger partial charge in [0.2, 0.25) is 27.7 Å². The van der Waals surface area contributed by atoms with E-state index < -0.39 is 69.8 Å². The predicted molar refractivity (Wildman–Crippen MR) is 344 cm³/mol. The SMILES string of the molecule is CCCN(CCCNC(=O)OC(C)(C)C)C(=O)C1=Cc2ccc(-c3cccc(S(=O)(=O)N4CC(CN(C(=O)OC)c5ccc(NC(=O)[C@H](CCCNC(N)=O)NC(=O)[C@@H](NC(=O)OCC6c7ccccc7-c7ccccc76)C(C)C)cc5)C4)c3)cc2N=C(N)C1. The molecular weight excluding hydrogens is 1170 g/mol. The number of aliphatic imine (C=N–C) groups is 1. The fourth-order valence-corrected chi connectivity index (χ4v) is 12.7. The van der Waals surface area contributed by atoms with Crippen LogP contribution < -0.4 is 43.0 Å². The number of primary amides is 1. The summed E-state index contributed by atoms with van der Waals surface area (Å²) in [6.07, 6.45) is 1.45. The Morgan fingerprint density at radius 1 is 0.778 bits per heavy atom. The lowest BCUT2D eigenvalue weighted by atomic mass is 9.98. The molecule has 0 radical (unpaired) electrons. The summed E-state index contributed by atoms with van der Waals surface area (Å²) < 4.78 is 45.9. The van der Waals surface area contributed by atoms with Gasteiger partial charge in [-0.15, -0.1) is 0 Å². The third-order valence-electron chi connectivity index (χ3n) is 15.5. The van der Waals surface area contributed by atoms with E-state index in [2.05, 4.69) is 31.6 Å². The molecule has 2 atom stereocenters. The van der Waals surface area contributed by atoms with E-state index in [4.69, 9.17) is 25.7 Å². The summed E-state index contributed by atoms with van der Waals surface area (Å²) in [6.45, 7) is 12.5. The Bertz CT molecular complexity index is 3590. The Balaban J connectivity index is 0.867. The molecule has 0 saturated carbocycles. The van der Waals surface area contributed by atoms with E-state index >= 15 is 0 Å². The third-order valence-corrected chi connectivity index (χ3v) is 17.3. The van der Waals surface area contributed by atoms with Crippen LogP contribution in [-0.2, 0) is 38.6 Å². The highest BCUT2D eigenvalue weighted by atomic mass is 32.2. The van der Waals surface area contributed by atoms with Crippen LogP contribution in [0.25, 0.3) is 28.3 Å². The Kier molecular flexibility index (Phi) is 22.1. The van der Waals surface area contributed by atoms with E-state index in [0.29, 0.717) is 65.4 Å². The normalized spacial score (nSPS) is 14.5. The number of sulfonamides is 1. The van der Waals surface area contributed by atoms with Crippen molar-refractivity contribution in [1.29, 1.82) is 0 Å². The molecule has 8 amide bonds. The van der Waals surface area contributed by atoms with Crippen molar-refractivity contribution in [1.82, 2.24) is 30.5 Å². The second-order valence-electron chi connectivity index (χ2n) is 23.8. The van der Waals surface area contributed by atoms with Gasteiger partial charge in [0.05, 0.1) is 17.7 Å². The van der Waals surface area contributed by atoms with Gasteiger partial charge >= 0.3 is 24.3 Å². The number of nitrogens with two attached hydrogens (primary N) is 2. The molecule has 23 nitrogen and oxygen atoms in total. The van der Waals surface area contributed by atoms with Gasteiger partial charge in [-0.1, -0.05) is 93.6 Å². The number of alkyl carbamates (subject to hydrolysis) is 2. The zero-order chi connectivity index (χ0) is 64.9. The number of ether oxygens (including phenoxy) is 3. The molecule has 5 aromatic rings. The third kappa shape index (κ3) is 17.1. The van der Waals surface area contributed by atoms with E-state index in [0.717, 1.165) is 28.7 Å². The van der Waals surface area contributed by atoms with Crippen LogP contribution in [-0.4, -0.2) is 143 Å². The van der Waals surface area contributed by atoms with Crippen LogP contribution in [0.2, 0.25) is 0 Å². The van der Waals surface area contributed by atoms with Crippen LogP contribution in [0.4, 0.5) is 36.2 Å². The highest BCUT2D eigenvalue weighted by Gasteiger charge is 2.39. The fraction of sp³-hybridized carbons (Fsp3) is 0.394. The van der Waals surface area contributed by atoms with Crippen LogP contribution in [0.3, 0.4) is 0 Å². The van der Waals surface area contributed by atoms with Gasteiger partial charge in [-0.05, 0) is 134 Å². The number of carbonyl (C=O) groups excluding carboxylic acids is 7. The molecule has 1 saturated heterocycles. The first kappa shape index (κ1) is 66.7. The summed E-state index contributed by atoms with van der Waals surface area (Å²) in [5.41, 5.74) is 18.9. The summed E-state index contributed by atoms with van der Waals surface area (Å²) in [4.78, 5) is 100. The topological polar surface area (TPSA) is 316 Å². The Morgan fingerprint density at radius 3 is 2.09 bits per heavy atom. The molecule has 1 fully saturated rings. The molecule has 24 heteroatoms. The monoisotopic (exact) mass is 1250 g/mol. The number of carbonyl (C=O) groups is 7. The number of rotatable bonds is 25. The number of amidine groups is 1. The summed E-state index contributed by atoms with van der Waals surface area (Å²) >= 11 is 0. The first-order valence-electron chi connectivity index (χ1n) is 30.2. The molecule has 90 heavy (non-hydrogen) atoms. The van der Waals surface area contributed by atoms with Crippen molar-refractivity contribution in [2.75, 3.05) is 69.7 Å². The van der Waals surface area contributed by atoms with E-state index in [1.54, 1.807) is 94.1 Å². The maximum atomic E-state index is 14.2. The number of anilines is 2. The van der Waals surface area contributed by atoms with Crippen molar-refractivity contribution in [2.24, 2.45) is 28.3 Å². The van der Waals surface area contributed by atoms with Crippen molar-refractivity contribution in [2.45, 2.75) is 102 Å². The standard InChI is InChI=1S/C66H81N11O12S/c1-8-31-75(32-15-30-70-63(82)89-66(4,5)6)61(80)46-33-45-24-23-44(35-56(45)72-57(67)36-46)43-16-13-17-49(34-43)90(85,86)76-37-42(38-76)39-77(65(84)87-7)48-27-25-47(26-28-48)71-59(78)55(22-14-29-69-62(68)81)73-60(79)58(41(2)3)74-64(83)88-40-54-52-20-11-9-18-50(52)51-19-10-12-21-53(51)54/h9-13,16-21,23-28,33-35,41-42,54-55,58H,8,14-15,22,29-32,36-40H2,1-7H3,(H2,67,72)(H,70,82)(H,71,78)(H,73,79)(H,74,83)(H3,68,69,81)/t55-,58-/m0/s1. The maximum Gasteiger partial charge on any atom is 0.414 e. The number of nitrogens with one attached hydrogen (secondary N) is 5. The average molecular weight is 1250 g/mol. The van der Waals surface area contributed by atoms with Gasteiger partial charge in [-0.25, -0.2) is 32.6 Å². The Morgan fingerprint density at radius 2 is 1.44 bits per heavy atom. The van der Waals surface area contributed by atoms with Crippen LogP contribution in [0.15, 0.2) is 131 Å². The van der Waals surface area contributed by atoms with Crippen LogP contribution in [0, 0.1) is 11.8 Å². The smallest absolute Gasteiger partial charge is 0.414 e. The quantitative estimate of drug-likeness (QED) is 0.0213. The van der Waals surface area contributed by atoms with Crippen molar-refractivity contribution in [3.05, 3.63) is 138 Å². The molecule has 3 aliphatic rings. The highest BCUT2D eigenvalue weighted by Crippen LogP contribution is 2.44. The lowest BCUT2D eigenvalue weighted by molar-refractivity contribution is -0.128. The first-order valence-corrected chi connectivity index (χ1v) is 31.6. The predicted octanol–water partition coefficient (Wildman–Crippen LogP) is 8.61. The van der Waals surface area contributed by atoms with Gasteiger partial charge in [0.25, 0.3) is 0 Å². The molecule has 1 aliphatic carbocycles. The first-order chi connectivity index (χ1) is 42.9. The van der Waals surface area contributed by atoms with Crippen LogP contribution in [0.1, 0.15) is 96.3 Å². The van der Waals surface area contributed by atoms with Gasteiger partial charge in [0, 0.05) is 86.6 Å². The van der Waals surface area contributed by atoms with Crippen molar-refractivity contribution >= 4 is 81.0 Å². The minimum Gasteiger partial charge on any atom is -0.452 e. The number of hydrogen-bond donors (Lipinski definition) is 7. The molecular formula is C66H81N11O12S. The largest absolute Gasteiger partial charge is 0.452 e. The van der Waals surface area contributed by atoms with Crippen molar-refractivity contribution in [3.8, 4) is 22.3 Å². The van der Waals surface area contributed by atoms with E-state index in [1.807, 2.05) is 67.6 Å². The molecule has 478 valence electrons. The molecule has 8 rings (SSSR count). The molecule has 0 aromatic heterocycles. The summed E-state index contributed by atoms with van der Waals surface area (Å²) in [5, 5.41) is 13.5. The minimum atomic E-state index is -4.00. The number of methoxy groups -OCH3 is 1. The zero-order valence-electron chi connectivity index (χ0n) is 51.9. The molecule has 0 bridgehead atoms. The van der Waals surface area contributed by atoms with E-state index in [-0.39, 0.29) is 80.5 Å². The summed E-state index contributed by atoms with van der Waals surface area (Å²) in [7, 11) is -2.76. The minimum absolute atomic E-state index is 0.0316. The molecule has 2 aliphatic heterocycles. The van der Waals surface area contributed by atoms with Gasteiger partial charge in [0.1, 0.15) is 30.1 Å². The van der Waals surface area contributed by atoms with Crippen LogP contribution in [0.5, 0.6) is 0 Å². The Hall–Kier alpha value is -9.29. The average Bonchev–Trinajstić information content (AvgIpc) is 1.30. The Labute approximate surface area is 525 Å². The molecule has 0 spiro atoms. The van der Waals surface area contributed by atoms with E-state index in [9.17, 15) is 42.0 Å². The highest BCUT2D eigenvalue weighted by molar-refractivity contribution is 7.89. The fourth-order valence-electron chi connectivity index (χ4n) is 11.0. The summed E-state index contributed by atoms with van der Waals surface area (Å²) in [5.74, 6) is -2.08. The second kappa shape index (κ2) is 29.8. The van der Waals surface area contributed by atoms with Gasteiger partial charge in [0.15, 0.2) is 0 Å². The lowest BCUT2D eigenvalue weighted by Gasteiger charge is -2.40. The zero-order valence-corrected chi connectivity index (χ0v) is 52.7. The van der Waals surface area contributed by atoms with Crippen molar-refractivity contribution in [3.63, 3.8) is 0 Å². The molecule has 0 unspecified atom stereocenters. The van der Waals surface area contributed by atoms with E-state index in [1.165, 1.54) is 22.4 Å². The molecule has 5 aromatic carbocycles. The van der Waals surface area contributed by atoms with Gasteiger partial charge in [-0.2, -0.15) is 4.31 Å². The number of hydrogen-bond acceptors (Lipinski definition) is 14. The van der Waals surface area contributed by atoms with Crippen LogP contribution >= 0.6 is 0 Å². The summed E-state index contributed by atoms with van der Waals surface area (Å²) in [6, 6.07) is 31.2. The second-order valence-corrected chi connectivity index (χ2v) is 25.8. The maximum absolute atomic E-state index is 14.2. The van der Waals surface area contributed by atoms with Crippen molar-refractivity contribution < 1.29 is 56.2 Å². The molecule has 2 heterocycles. The number of benzene rings is 5. The number of urea groups is 1. The number of fused-ring (bicyclic) bond motifs is 4. The van der Waals surface area contributed by atoms with Gasteiger partial charge in [-0.3, -0.25) is 19.3 Å².